The molecule has 2 heteroatoms. The highest BCUT2D eigenvalue weighted by Crippen LogP contribution is 2.41. The summed E-state index contributed by atoms with van der Waals surface area (Å²) in [5.74, 6) is 0.640. The van der Waals surface area contributed by atoms with Crippen LogP contribution in [0.4, 0.5) is 0 Å². The molecule has 94 valence electrons. The second kappa shape index (κ2) is 5.19. The summed E-state index contributed by atoms with van der Waals surface area (Å²) in [6.45, 7) is 2.38. The van der Waals surface area contributed by atoms with E-state index in [1.165, 1.54) is 24.8 Å². The molecule has 1 aromatic rings. The first kappa shape index (κ1) is 12.6. The quantitative estimate of drug-likeness (QED) is 0.847. The van der Waals surface area contributed by atoms with Gasteiger partial charge in [-0.1, -0.05) is 37.6 Å². The number of rotatable bonds is 5. The summed E-state index contributed by atoms with van der Waals surface area (Å²) in [6.07, 6.45) is 4.51. The van der Waals surface area contributed by atoms with E-state index >= 15 is 0 Å². The van der Waals surface area contributed by atoms with E-state index in [0.29, 0.717) is 18.9 Å². The lowest BCUT2D eigenvalue weighted by Crippen LogP contribution is -2.32. The van der Waals surface area contributed by atoms with Crippen LogP contribution in [0.15, 0.2) is 24.3 Å². The molecule has 0 spiro atoms. The predicted octanol–water partition coefficient (Wildman–Crippen LogP) is 3.20. The molecule has 0 heterocycles. The number of aliphatic hydroxyl groups is 1. The molecule has 1 unspecified atom stereocenters. The fourth-order valence-electron chi connectivity index (χ4n) is 2.61. The van der Waals surface area contributed by atoms with Crippen molar-refractivity contribution in [3.05, 3.63) is 35.4 Å². The third-order valence-corrected chi connectivity index (χ3v) is 3.98. The predicted molar refractivity (Wildman–Crippen MR) is 69.1 cm³/mol. The Bertz CT molecular complexity index is 371. The van der Waals surface area contributed by atoms with Crippen LogP contribution in [0, 0.1) is 0 Å². The van der Waals surface area contributed by atoms with Gasteiger partial charge in [-0.05, 0) is 36.3 Å². The molecular weight excluding hydrogens is 212 g/mol. The Hall–Kier alpha value is -0.860. The molecule has 1 fully saturated rings. The number of hydrogen-bond donors (Lipinski definition) is 1. The highest BCUT2D eigenvalue weighted by Gasteiger charge is 2.32. The number of ether oxygens (including phenoxy) is 1. The minimum absolute atomic E-state index is 0.368. The molecule has 0 aromatic heterocycles. The first-order valence-corrected chi connectivity index (χ1v) is 6.52. The van der Waals surface area contributed by atoms with Crippen molar-refractivity contribution in [2.45, 2.75) is 44.1 Å². The molecule has 0 bridgehead atoms. The van der Waals surface area contributed by atoms with E-state index in [0.717, 1.165) is 5.56 Å². The molecular formula is C15H22O2. The second-order valence-electron chi connectivity index (χ2n) is 5.03. The van der Waals surface area contributed by atoms with Crippen molar-refractivity contribution in [3.63, 3.8) is 0 Å². The van der Waals surface area contributed by atoms with E-state index < -0.39 is 5.60 Å². The molecule has 2 nitrogen and oxygen atoms in total. The van der Waals surface area contributed by atoms with Gasteiger partial charge in [0.2, 0.25) is 0 Å². The third-order valence-electron chi connectivity index (χ3n) is 3.98. The lowest BCUT2D eigenvalue weighted by molar-refractivity contribution is -0.0396. The highest BCUT2D eigenvalue weighted by molar-refractivity contribution is 5.36. The van der Waals surface area contributed by atoms with Gasteiger partial charge >= 0.3 is 0 Å². The number of hydrogen-bond acceptors (Lipinski definition) is 2. The van der Waals surface area contributed by atoms with Gasteiger partial charge in [-0.2, -0.15) is 0 Å². The minimum atomic E-state index is -0.832. The van der Waals surface area contributed by atoms with Crippen LogP contribution in [0.5, 0.6) is 0 Å². The Kier molecular flexibility index (Phi) is 3.85. The molecule has 0 amide bonds. The summed E-state index contributed by atoms with van der Waals surface area (Å²) in [5.41, 5.74) is 1.55. The van der Waals surface area contributed by atoms with Gasteiger partial charge in [0.25, 0.3) is 0 Å². The fourth-order valence-corrected chi connectivity index (χ4v) is 2.61. The zero-order chi connectivity index (χ0) is 12.3. The first-order valence-electron chi connectivity index (χ1n) is 6.52. The lowest BCUT2D eigenvalue weighted by atomic mass is 9.75. The normalized spacial score (nSPS) is 19.7. The minimum Gasteiger partial charge on any atom is -0.383 e. The summed E-state index contributed by atoms with van der Waals surface area (Å²) in [4.78, 5) is 0. The first-order chi connectivity index (χ1) is 8.21. The standard InChI is InChI=1S/C15H22O2/c1-3-15(16,11-17-2)14-10-5-4-9-13(14)12-7-6-8-12/h4-5,9-10,12,16H,3,6-8,11H2,1-2H3. The van der Waals surface area contributed by atoms with Crippen LogP contribution < -0.4 is 0 Å². The molecule has 1 saturated carbocycles. The summed E-state index contributed by atoms with van der Waals surface area (Å²) in [5, 5.41) is 10.7. The molecule has 17 heavy (non-hydrogen) atoms. The maximum atomic E-state index is 10.7. The molecule has 1 aliphatic carbocycles. The fraction of sp³-hybridized carbons (Fsp3) is 0.600. The van der Waals surface area contributed by atoms with Gasteiger partial charge in [-0.25, -0.2) is 0 Å². The summed E-state index contributed by atoms with van der Waals surface area (Å²) >= 11 is 0. The van der Waals surface area contributed by atoms with Gasteiger partial charge in [-0.3, -0.25) is 0 Å². The van der Waals surface area contributed by atoms with Crippen LogP contribution in [0.2, 0.25) is 0 Å². The molecule has 0 radical (unpaired) electrons. The maximum absolute atomic E-state index is 10.7. The van der Waals surface area contributed by atoms with Crippen molar-refractivity contribution in [3.8, 4) is 0 Å². The van der Waals surface area contributed by atoms with Gasteiger partial charge < -0.3 is 9.84 Å². The van der Waals surface area contributed by atoms with E-state index in [1.807, 2.05) is 13.0 Å². The molecule has 2 rings (SSSR count). The lowest BCUT2D eigenvalue weighted by Gasteiger charge is -2.34. The van der Waals surface area contributed by atoms with Crippen LogP contribution in [-0.2, 0) is 10.3 Å². The van der Waals surface area contributed by atoms with Gasteiger partial charge in [0.15, 0.2) is 0 Å². The average molecular weight is 234 g/mol. The highest BCUT2D eigenvalue weighted by atomic mass is 16.5. The van der Waals surface area contributed by atoms with Gasteiger partial charge in [0, 0.05) is 7.11 Å². The third kappa shape index (κ3) is 2.38. The molecule has 1 N–H and O–H groups in total. The van der Waals surface area contributed by atoms with Crippen LogP contribution in [0.3, 0.4) is 0 Å². The largest absolute Gasteiger partial charge is 0.383 e. The number of methoxy groups -OCH3 is 1. The summed E-state index contributed by atoms with van der Waals surface area (Å²) < 4.78 is 5.19. The Morgan fingerprint density at radius 2 is 2.06 bits per heavy atom. The van der Waals surface area contributed by atoms with Crippen LogP contribution >= 0.6 is 0 Å². The van der Waals surface area contributed by atoms with E-state index in [1.54, 1.807) is 7.11 Å². The monoisotopic (exact) mass is 234 g/mol. The van der Waals surface area contributed by atoms with Crippen molar-refractivity contribution in [2.75, 3.05) is 13.7 Å². The summed E-state index contributed by atoms with van der Waals surface area (Å²) in [7, 11) is 1.65. The topological polar surface area (TPSA) is 29.5 Å². The Balaban J connectivity index is 2.35. The van der Waals surface area contributed by atoms with Gasteiger partial charge in [-0.15, -0.1) is 0 Å². The van der Waals surface area contributed by atoms with E-state index in [-0.39, 0.29) is 0 Å². The molecule has 0 aliphatic heterocycles. The SMILES string of the molecule is CCC(O)(COC)c1ccccc1C1CCC1. The van der Waals surface area contributed by atoms with E-state index in [2.05, 4.69) is 18.2 Å². The van der Waals surface area contributed by atoms with Crippen LogP contribution in [0.1, 0.15) is 49.7 Å². The Labute approximate surface area is 104 Å². The van der Waals surface area contributed by atoms with Gasteiger partial charge in [0.05, 0.1) is 6.61 Å². The van der Waals surface area contributed by atoms with Crippen molar-refractivity contribution >= 4 is 0 Å². The maximum Gasteiger partial charge on any atom is 0.113 e. The van der Waals surface area contributed by atoms with Crippen LogP contribution in [-0.4, -0.2) is 18.8 Å². The van der Waals surface area contributed by atoms with E-state index in [4.69, 9.17) is 4.74 Å². The van der Waals surface area contributed by atoms with Crippen molar-refractivity contribution in [2.24, 2.45) is 0 Å². The summed E-state index contributed by atoms with van der Waals surface area (Å²) in [6, 6.07) is 8.29. The zero-order valence-electron chi connectivity index (χ0n) is 10.8. The smallest absolute Gasteiger partial charge is 0.113 e. The Morgan fingerprint density at radius 3 is 2.59 bits per heavy atom. The average Bonchev–Trinajstić information content (AvgIpc) is 2.28. The number of benzene rings is 1. The molecule has 0 saturated heterocycles. The van der Waals surface area contributed by atoms with E-state index in [9.17, 15) is 5.11 Å². The van der Waals surface area contributed by atoms with Crippen LogP contribution in [0.25, 0.3) is 0 Å². The van der Waals surface area contributed by atoms with Crippen molar-refractivity contribution in [1.82, 2.24) is 0 Å². The van der Waals surface area contributed by atoms with Crippen molar-refractivity contribution < 1.29 is 9.84 Å². The molecule has 1 aromatic carbocycles. The zero-order valence-corrected chi connectivity index (χ0v) is 10.8. The second-order valence-corrected chi connectivity index (χ2v) is 5.03. The van der Waals surface area contributed by atoms with Gasteiger partial charge in [0.1, 0.15) is 5.60 Å². The molecule has 1 aliphatic rings. The van der Waals surface area contributed by atoms with Crippen molar-refractivity contribution in [1.29, 1.82) is 0 Å². The molecule has 1 atom stereocenters. The Morgan fingerprint density at radius 1 is 1.35 bits per heavy atom.